The van der Waals surface area contributed by atoms with Gasteiger partial charge in [0.25, 0.3) is 0 Å². The number of aromatic carboxylic acids is 1. The first-order valence-electron chi connectivity index (χ1n) is 6.58. The fraction of sp³-hybridized carbons (Fsp3) is 0. The Bertz CT molecular complexity index is 782. The lowest BCUT2D eigenvalue weighted by atomic mass is 10.0. The van der Waals surface area contributed by atoms with Crippen LogP contribution in [0.3, 0.4) is 0 Å². The summed E-state index contributed by atoms with van der Waals surface area (Å²) in [6.45, 7) is 0. The lowest BCUT2D eigenvalue weighted by Crippen LogP contribution is -1.95. The fourth-order valence-electron chi connectivity index (χ4n) is 2.22. The number of carbonyl (C=O) groups is 1. The van der Waals surface area contributed by atoms with Crippen LogP contribution in [-0.4, -0.2) is 16.1 Å². The summed E-state index contributed by atoms with van der Waals surface area (Å²) in [6, 6.07) is 18.9. The van der Waals surface area contributed by atoms with Gasteiger partial charge < -0.3 is 5.11 Å². The third-order valence-corrected chi connectivity index (χ3v) is 3.29. The molecule has 1 heterocycles. The van der Waals surface area contributed by atoms with Crippen molar-refractivity contribution < 1.29 is 9.90 Å². The molecule has 0 amide bonds. The molecular formula is C18H13NO2. The SMILES string of the molecule is O=C(O)c1cccc(-c2cncc(-c3ccccc3)c2)c1. The Kier molecular flexibility index (Phi) is 3.48. The van der Waals surface area contributed by atoms with Crippen molar-refractivity contribution in [1.82, 2.24) is 4.98 Å². The molecule has 1 N–H and O–H groups in total. The summed E-state index contributed by atoms with van der Waals surface area (Å²) >= 11 is 0. The van der Waals surface area contributed by atoms with Crippen molar-refractivity contribution in [1.29, 1.82) is 0 Å². The van der Waals surface area contributed by atoms with Gasteiger partial charge in [-0.3, -0.25) is 4.98 Å². The average Bonchev–Trinajstić information content (AvgIpc) is 2.56. The second-order valence-corrected chi connectivity index (χ2v) is 4.71. The zero-order chi connectivity index (χ0) is 14.7. The molecule has 3 rings (SSSR count). The van der Waals surface area contributed by atoms with Crippen LogP contribution in [0.15, 0.2) is 73.1 Å². The van der Waals surface area contributed by atoms with Gasteiger partial charge >= 0.3 is 5.97 Å². The molecule has 0 unspecified atom stereocenters. The normalized spacial score (nSPS) is 10.3. The number of carboxylic acids is 1. The molecule has 3 heteroatoms. The van der Waals surface area contributed by atoms with E-state index in [0.29, 0.717) is 0 Å². The van der Waals surface area contributed by atoms with Gasteiger partial charge in [0, 0.05) is 23.5 Å². The lowest BCUT2D eigenvalue weighted by molar-refractivity contribution is 0.0697. The second kappa shape index (κ2) is 5.59. The number of carboxylic acid groups (broad SMARTS) is 1. The summed E-state index contributed by atoms with van der Waals surface area (Å²) in [4.78, 5) is 15.3. The van der Waals surface area contributed by atoms with Gasteiger partial charge in [-0.2, -0.15) is 0 Å². The monoisotopic (exact) mass is 275 g/mol. The van der Waals surface area contributed by atoms with Gasteiger partial charge in [0.15, 0.2) is 0 Å². The average molecular weight is 275 g/mol. The van der Waals surface area contributed by atoms with Crippen LogP contribution in [0.4, 0.5) is 0 Å². The molecule has 0 aliphatic carbocycles. The highest BCUT2D eigenvalue weighted by Gasteiger charge is 2.06. The van der Waals surface area contributed by atoms with Crippen LogP contribution in [-0.2, 0) is 0 Å². The quantitative estimate of drug-likeness (QED) is 0.782. The summed E-state index contributed by atoms with van der Waals surface area (Å²) in [6.07, 6.45) is 3.55. The van der Waals surface area contributed by atoms with Crippen LogP contribution in [0.5, 0.6) is 0 Å². The predicted molar refractivity (Wildman–Crippen MR) is 82.1 cm³/mol. The molecule has 0 saturated carbocycles. The molecule has 102 valence electrons. The van der Waals surface area contributed by atoms with Crippen LogP contribution < -0.4 is 0 Å². The third-order valence-electron chi connectivity index (χ3n) is 3.29. The zero-order valence-corrected chi connectivity index (χ0v) is 11.2. The minimum Gasteiger partial charge on any atom is -0.478 e. The summed E-state index contributed by atoms with van der Waals surface area (Å²) in [5, 5.41) is 9.07. The van der Waals surface area contributed by atoms with Crippen molar-refractivity contribution in [3.05, 3.63) is 78.6 Å². The minimum absolute atomic E-state index is 0.276. The van der Waals surface area contributed by atoms with E-state index in [1.165, 1.54) is 0 Å². The third kappa shape index (κ3) is 2.82. The van der Waals surface area contributed by atoms with Crippen LogP contribution >= 0.6 is 0 Å². The smallest absolute Gasteiger partial charge is 0.335 e. The highest BCUT2D eigenvalue weighted by molar-refractivity contribution is 5.89. The molecule has 2 aromatic carbocycles. The molecular weight excluding hydrogens is 262 g/mol. The summed E-state index contributed by atoms with van der Waals surface area (Å²) in [5.41, 5.74) is 4.12. The number of nitrogens with zero attached hydrogens (tertiary/aromatic N) is 1. The van der Waals surface area contributed by atoms with Crippen LogP contribution in [0, 0.1) is 0 Å². The Balaban J connectivity index is 2.04. The minimum atomic E-state index is -0.927. The Hall–Kier alpha value is -2.94. The molecule has 0 fully saturated rings. The van der Waals surface area contributed by atoms with Gasteiger partial charge in [-0.1, -0.05) is 42.5 Å². The molecule has 0 aliphatic rings. The molecule has 21 heavy (non-hydrogen) atoms. The molecule has 0 bridgehead atoms. The molecule has 0 atom stereocenters. The molecule has 3 aromatic rings. The maximum absolute atomic E-state index is 11.1. The van der Waals surface area contributed by atoms with Crippen molar-refractivity contribution in [2.75, 3.05) is 0 Å². The zero-order valence-electron chi connectivity index (χ0n) is 11.2. The van der Waals surface area contributed by atoms with Gasteiger partial charge in [-0.05, 0) is 29.3 Å². The van der Waals surface area contributed by atoms with Crippen molar-refractivity contribution >= 4 is 5.97 Å². The second-order valence-electron chi connectivity index (χ2n) is 4.71. The molecule has 0 aliphatic heterocycles. The Morgan fingerprint density at radius 2 is 1.43 bits per heavy atom. The summed E-state index contributed by atoms with van der Waals surface area (Å²) < 4.78 is 0. The number of hydrogen-bond acceptors (Lipinski definition) is 2. The van der Waals surface area contributed by atoms with Crippen LogP contribution in [0.2, 0.25) is 0 Å². The number of pyridine rings is 1. The van der Waals surface area contributed by atoms with E-state index >= 15 is 0 Å². The summed E-state index contributed by atoms with van der Waals surface area (Å²) in [5.74, 6) is -0.927. The van der Waals surface area contributed by atoms with Gasteiger partial charge in [0.2, 0.25) is 0 Å². The van der Waals surface area contributed by atoms with E-state index in [1.54, 1.807) is 30.6 Å². The van der Waals surface area contributed by atoms with E-state index in [4.69, 9.17) is 5.11 Å². The number of rotatable bonds is 3. The molecule has 0 spiro atoms. The topological polar surface area (TPSA) is 50.2 Å². The van der Waals surface area contributed by atoms with Crippen molar-refractivity contribution in [2.45, 2.75) is 0 Å². The molecule has 3 nitrogen and oxygen atoms in total. The highest BCUT2D eigenvalue weighted by atomic mass is 16.4. The fourth-order valence-corrected chi connectivity index (χ4v) is 2.22. The first-order valence-corrected chi connectivity index (χ1v) is 6.58. The van der Waals surface area contributed by atoms with E-state index in [9.17, 15) is 4.79 Å². The van der Waals surface area contributed by atoms with Crippen LogP contribution in [0.1, 0.15) is 10.4 Å². The highest BCUT2D eigenvalue weighted by Crippen LogP contribution is 2.25. The Morgan fingerprint density at radius 3 is 2.14 bits per heavy atom. The molecule has 1 aromatic heterocycles. The maximum Gasteiger partial charge on any atom is 0.335 e. The molecule has 0 radical (unpaired) electrons. The number of hydrogen-bond donors (Lipinski definition) is 1. The van der Waals surface area contributed by atoms with Gasteiger partial charge in [0.05, 0.1) is 5.56 Å². The van der Waals surface area contributed by atoms with Crippen molar-refractivity contribution in [2.24, 2.45) is 0 Å². The van der Waals surface area contributed by atoms with E-state index in [1.807, 2.05) is 42.5 Å². The Morgan fingerprint density at radius 1 is 0.762 bits per heavy atom. The van der Waals surface area contributed by atoms with E-state index in [0.717, 1.165) is 22.3 Å². The van der Waals surface area contributed by atoms with E-state index in [2.05, 4.69) is 4.98 Å². The van der Waals surface area contributed by atoms with Gasteiger partial charge in [-0.15, -0.1) is 0 Å². The lowest BCUT2D eigenvalue weighted by Gasteiger charge is -2.06. The first-order chi connectivity index (χ1) is 10.2. The number of aromatic nitrogens is 1. The van der Waals surface area contributed by atoms with Gasteiger partial charge in [0.1, 0.15) is 0 Å². The van der Waals surface area contributed by atoms with E-state index in [-0.39, 0.29) is 5.56 Å². The molecule has 0 saturated heterocycles. The summed E-state index contributed by atoms with van der Waals surface area (Å²) in [7, 11) is 0. The van der Waals surface area contributed by atoms with E-state index < -0.39 is 5.97 Å². The van der Waals surface area contributed by atoms with Crippen LogP contribution in [0.25, 0.3) is 22.3 Å². The number of benzene rings is 2. The Labute approximate surface area is 122 Å². The van der Waals surface area contributed by atoms with Gasteiger partial charge in [-0.25, -0.2) is 4.79 Å². The predicted octanol–water partition coefficient (Wildman–Crippen LogP) is 4.11. The standard InChI is InChI=1S/C18H13NO2/c20-18(21)15-8-4-7-14(9-15)17-10-16(11-19-12-17)13-5-2-1-3-6-13/h1-12H,(H,20,21). The van der Waals surface area contributed by atoms with Crippen molar-refractivity contribution in [3.63, 3.8) is 0 Å². The van der Waals surface area contributed by atoms with Crippen molar-refractivity contribution in [3.8, 4) is 22.3 Å². The first kappa shape index (κ1) is 13.1. The largest absolute Gasteiger partial charge is 0.478 e. The maximum atomic E-state index is 11.1.